The monoisotopic (exact) mass is 450 g/mol. The van der Waals surface area contributed by atoms with Crippen molar-refractivity contribution in [3.05, 3.63) is 94.1 Å². The number of carbonyl (C=O) groups is 2. The van der Waals surface area contributed by atoms with E-state index in [-0.39, 0.29) is 5.70 Å². The number of ether oxygens (including phenoxy) is 2. The van der Waals surface area contributed by atoms with Crippen LogP contribution in [0.5, 0.6) is 11.5 Å². The van der Waals surface area contributed by atoms with Gasteiger partial charge in [0, 0.05) is 16.3 Å². The van der Waals surface area contributed by atoms with Gasteiger partial charge in [0.05, 0.1) is 14.2 Å². The Balaban J connectivity index is 1.95. The van der Waals surface area contributed by atoms with Crippen LogP contribution in [-0.2, 0) is 4.79 Å². The van der Waals surface area contributed by atoms with Gasteiger partial charge in [0.25, 0.3) is 11.8 Å². The lowest BCUT2D eigenvalue weighted by Crippen LogP contribution is -2.30. The Labute approximate surface area is 191 Å². The zero-order valence-electron chi connectivity index (χ0n) is 17.9. The van der Waals surface area contributed by atoms with E-state index in [4.69, 9.17) is 21.1 Å². The van der Waals surface area contributed by atoms with Gasteiger partial charge in [-0.15, -0.1) is 0 Å². The summed E-state index contributed by atoms with van der Waals surface area (Å²) in [5, 5.41) is 5.93. The van der Waals surface area contributed by atoms with Crippen LogP contribution in [0, 0.1) is 6.92 Å². The van der Waals surface area contributed by atoms with E-state index in [0.717, 1.165) is 5.56 Å². The lowest BCUT2D eigenvalue weighted by molar-refractivity contribution is -0.113. The Morgan fingerprint density at radius 2 is 1.66 bits per heavy atom. The molecule has 0 aliphatic rings. The van der Waals surface area contributed by atoms with Crippen molar-refractivity contribution in [1.29, 1.82) is 0 Å². The van der Waals surface area contributed by atoms with Crippen molar-refractivity contribution >= 4 is 35.2 Å². The van der Waals surface area contributed by atoms with Gasteiger partial charge in [0.1, 0.15) is 5.70 Å². The first-order chi connectivity index (χ1) is 15.4. The number of methoxy groups -OCH3 is 2. The van der Waals surface area contributed by atoms with Gasteiger partial charge in [0.15, 0.2) is 11.5 Å². The molecule has 0 aliphatic carbocycles. The largest absolute Gasteiger partial charge is 0.493 e. The first-order valence-corrected chi connectivity index (χ1v) is 10.2. The molecule has 3 aromatic rings. The molecule has 0 atom stereocenters. The first-order valence-electron chi connectivity index (χ1n) is 9.78. The molecular weight excluding hydrogens is 428 g/mol. The summed E-state index contributed by atoms with van der Waals surface area (Å²) < 4.78 is 10.6. The predicted molar refractivity (Wildman–Crippen MR) is 126 cm³/mol. The van der Waals surface area contributed by atoms with E-state index < -0.39 is 11.8 Å². The van der Waals surface area contributed by atoms with Crippen LogP contribution in [0.3, 0.4) is 0 Å². The van der Waals surface area contributed by atoms with Gasteiger partial charge in [0.2, 0.25) is 0 Å². The third-order valence-electron chi connectivity index (χ3n) is 4.57. The SMILES string of the molecule is COc1ccc(C=C(NC(=O)c2cccc(Cl)c2)C(=O)Nc2cccc(C)c2)cc1OC. The minimum atomic E-state index is -0.472. The molecular formula is C25H23ClN2O4. The number of nitrogens with one attached hydrogen (secondary N) is 2. The van der Waals surface area contributed by atoms with E-state index in [2.05, 4.69) is 10.6 Å². The summed E-state index contributed by atoms with van der Waals surface area (Å²) in [5.41, 5.74) is 2.65. The Morgan fingerprint density at radius 3 is 2.34 bits per heavy atom. The van der Waals surface area contributed by atoms with E-state index in [1.165, 1.54) is 13.2 Å². The summed E-state index contributed by atoms with van der Waals surface area (Å²) in [7, 11) is 3.07. The van der Waals surface area contributed by atoms with Crippen molar-refractivity contribution in [2.24, 2.45) is 0 Å². The van der Waals surface area contributed by atoms with Gasteiger partial charge < -0.3 is 20.1 Å². The lowest BCUT2D eigenvalue weighted by Gasteiger charge is -2.13. The molecule has 3 aromatic carbocycles. The zero-order valence-corrected chi connectivity index (χ0v) is 18.7. The van der Waals surface area contributed by atoms with Crippen LogP contribution >= 0.6 is 11.6 Å². The molecule has 0 bridgehead atoms. The van der Waals surface area contributed by atoms with Crippen molar-refractivity contribution in [2.75, 3.05) is 19.5 Å². The van der Waals surface area contributed by atoms with Crippen molar-refractivity contribution in [2.45, 2.75) is 6.92 Å². The molecule has 0 spiro atoms. The third-order valence-corrected chi connectivity index (χ3v) is 4.81. The van der Waals surface area contributed by atoms with Gasteiger partial charge in [-0.1, -0.05) is 35.9 Å². The Bertz CT molecular complexity index is 1170. The quantitative estimate of drug-likeness (QED) is 0.492. The average Bonchev–Trinajstić information content (AvgIpc) is 2.78. The maximum atomic E-state index is 13.1. The Morgan fingerprint density at radius 1 is 0.906 bits per heavy atom. The number of benzene rings is 3. The fraction of sp³-hybridized carbons (Fsp3) is 0.120. The zero-order chi connectivity index (χ0) is 23.1. The highest BCUT2D eigenvalue weighted by atomic mass is 35.5. The van der Waals surface area contributed by atoms with Gasteiger partial charge in [-0.05, 0) is 66.6 Å². The van der Waals surface area contributed by atoms with Crippen molar-refractivity contribution in [3.8, 4) is 11.5 Å². The van der Waals surface area contributed by atoms with Gasteiger partial charge >= 0.3 is 0 Å². The Hall–Kier alpha value is -3.77. The van der Waals surface area contributed by atoms with Crippen LogP contribution < -0.4 is 20.1 Å². The minimum Gasteiger partial charge on any atom is -0.493 e. The van der Waals surface area contributed by atoms with E-state index >= 15 is 0 Å². The van der Waals surface area contributed by atoms with Crippen LogP contribution in [0.15, 0.2) is 72.4 Å². The predicted octanol–water partition coefficient (Wildman–Crippen LogP) is 5.08. The molecule has 3 rings (SSSR count). The molecule has 164 valence electrons. The molecule has 0 unspecified atom stereocenters. The smallest absolute Gasteiger partial charge is 0.272 e. The van der Waals surface area contributed by atoms with Crippen LogP contribution in [0.4, 0.5) is 5.69 Å². The summed E-state index contributed by atoms with van der Waals surface area (Å²) in [6, 6.07) is 19.1. The standard InChI is InChI=1S/C25H23ClN2O4/c1-16-6-4-9-20(12-16)27-25(30)21(28-24(29)18-7-5-8-19(26)15-18)13-17-10-11-22(31-2)23(14-17)32-3/h4-15H,1-3H3,(H,27,30)(H,28,29). The molecule has 2 N–H and O–H groups in total. The van der Waals surface area contributed by atoms with E-state index in [9.17, 15) is 9.59 Å². The summed E-state index contributed by atoms with van der Waals surface area (Å²) in [4.78, 5) is 25.9. The van der Waals surface area contributed by atoms with Crippen molar-refractivity contribution in [1.82, 2.24) is 5.32 Å². The molecule has 0 fully saturated rings. The van der Waals surface area contributed by atoms with E-state index in [0.29, 0.717) is 33.3 Å². The van der Waals surface area contributed by atoms with Crippen LogP contribution in [0.1, 0.15) is 21.5 Å². The molecule has 0 aliphatic heterocycles. The number of hydrogen-bond acceptors (Lipinski definition) is 4. The second kappa shape index (κ2) is 10.5. The molecule has 32 heavy (non-hydrogen) atoms. The summed E-state index contributed by atoms with van der Waals surface area (Å²) in [6.45, 7) is 1.93. The molecule has 7 heteroatoms. The van der Waals surface area contributed by atoms with Gasteiger partial charge in [-0.25, -0.2) is 0 Å². The number of carbonyl (C=O) groups excluding carboxylic acids is 2. The van der Waals surface area contributed by atoms with E-state index in [1.54, 1.807) is 55.7 Å². The fourth-order valence-corrected chi connectivity index (χ4v) is 3.20. The van der Waals surface area contributed by atoms with Crippen molar-refractivity contribution in [3.63, 3.8) is 0 Å². The topological polar surface area (TPSA) is 76.7 Å². The molecule has 0 radical (unpaired) electrons. The molecule has 6 nitrogen and oxygen atoms in total. The molecule has 0 heterocycles. The maximum absolute atomic E-state index is 13.1. The number of anilines is 1. The molecule has 0 aromatic heterocycles. The number of hydrogen-bond donors (Lipinski definition) is 2. The van der Waals surface area contributed by atoms with Gasteiger partial charge in [-0.3, -0.25) is 9.59 Å². The van der Waals surface area contributed by atoms with Crippen LogP contribution in [-0.4, -0.2) is 26.0 Å². The van der Waals surface area contributed by atoms with E-state index in [1.807, 2.05) is 25.1 Å². The van der Waals surface area contributed by atoms with Gasteiger partial charge in [-0.2, -0.15) is 0 Å². The molecule has 0 saturated carbocycles. The summed E-state index contributed by atoms with van der Waals surface area (Å²) in [5.74, 6) is 0.124. The molecule has 0 saturated heterocycles. The maximum Gasteiger partial charge on any atom is 0.272 e. The normalized spacial score (nSPS) is 10.9. The van der Waals surface area contributed by atoms with Crippen molar-refractivity contribution < 1.29 is 19.1 Å². The average molecular weight is 451 g/mol. The lowest BCUT2D eigenvalue weighted by atomic mass is 10.1. The van der Waals surface area contributed by atoms with Crippen LogP contribution in [0.25, 0.3) is 6.08 Å². The summed E-state index contributed by atoms with van der Waals surface area (Å²) in [6.07, 6.45) is 1.57. The summed E-state index contributed by atoms with van der Waals surface area (Å²) >= 11 is 6.00. The highest BCUT2D eigenvalue weighted by Crippen LogP contribution is 2.28. The number of amides is 2. The van der Waals surface area contributed by atoms with Crippen LogP contribution in [0.2, 0.25) is 5.02 Å². The second-order valence-electron chi connectivity index (χ2n) is 6.96. The highest BCUT2D eigenvalue weighted by molar-refractivity contribution is 6.31. The number of rotatable bonds is 7. The number of aryl methyl sites for hydroxylation is 1. The first kappa shape index (κ1) is 22.9. The Kier molecular flexibility index (Phi) is 7.52. The number of halogens is 1. The third kappa shape index (κ3) is 5.89. The fourth-order valence-electron chi connectivity index (χ4n) is 3.01. The second-order valence-corrected chi connectivity index (χ2v) is 7.40. The molecule has 2 amide bonds. The highest BCUT2D eigenvalue weighted by Gasteiger charge is 2.16. The minimum absolute atomic E-state index is 0.0590.